The van der Waals surface area contributed by atoms with Crippen LogP contribution in [-0.2, 0) is 35.2 Å². The monoisotopic (exact) mass is 483 g/mol. The Morgan fingerprint density at radius 3 is 2.15 bits per heavy atom. The Hall–Kier alpha value is -4.01. The molecule has 10 N–H and O–H groups in total. The van der Waals surface area contributed by atoms with Crippen LogP contribution in [0.15, 0.2) is 12.5 Å². The van der Waals surface area contributed by atoms with Crippen molar-refractivity contribution >= 4 is 35.6 Å². The molecule has 34 heavy (non-hydrogen) atoms. The second-order valence-corrected chi connectivity index (χ2v) is 7.52. The van der Waals surface area contributed by atoms with Crippen molar-refractivity contribution in [1.29, 1.82) is 0 Å². The average molecular weight is 483 g/mol. The van der Waals surface area contributed by atoms with E-state index in [1.807, 2.05) is 0 Å². The third kappa shape index (κ3) is 10.1. The Morgan fingerprint density at radius 1 is 0.971 bits per heavy atom. The van der Waals surface area contributed by atoms with Gasteiger partial charge in [-0.3, -0.25) is 24.0 Å². The largest absolute Gasteiger partial charge is 0.481 e. The van der Waals surface area contributed by atoms with E-state index in [1.54, 1.807) is 0 Å². The highest BCUT2D eigenvalue weighted by atomic mass is 16.4. The molecule has 15 nitrogen and oxygen atoms in total. The Bertz CT molecular complexity index is 889. The summed E-state index contributed by atoms with van der Waals surface area (Å²) < 4.78 is 0. The number of carbonyl (C=O) groups is 6. The predicted octanol–water partition coefficient (Wildman–Crippen LogP) is -3.03. The van der Waals surface area contributed by atoms with Crippen molar-refractivity contribution in [2.24, 2.45) is 11.5 Å². The number of H-pyrrole nitrogens is 1. The third-order valence-electron chi connectivity index (χ3n) is 4.66. The SMILES string of the molecule is CC(NC(=O)C(CCC(N)=O)NC(=O)C(N)CCC(=O)O)C(=O)NC(Cc1cnc[nH]1)C(=O)O. The summed E-state index contributed by atoms with van der Waals surface area (Å²) in [7, 11) is 0. The van der Waals surface area contributed by atoms with Gasteiger partial charge in [0.25, 0.3) is 0 Å². The molecule has 0 saturated carbocycles. The number of carbonyl (C=O) groups excluding carboxylic acids is 4. The van der Waals surface area contributed by atoms with Crippen LogP contribution >= 0.6 is 0 Å². The van der Waals surface area contributed by atoms with Crippen molar-refractivity contribution in [2.45, 2.75) is 63.2 Å². The predicted molar refractivity (Wildman–Crippen MR) is 115 cm³/mol. The van der Waals surface area contributed by atoms with E-state index < -0.39 is 59.7 Å². The Balaban J connectivity index is 2.77. The van der Waals surface area contributed by atoms with Crippen molar-refractivity contribution in [1.82, 2.24) is 25.9 Å². The van der Waals surface area contributed by atoms with Crippen LogP contribution in [0.25, 0.3) is 0 Å². The first-order chi connectivity index (χ1) is 15.9. The second kappa shape index (κ2) is 13.5. The van der Waals surface area contributed by atoms with E-state index >= 15 is 0 Å². The first-order valence-corrected chi connectivity index (χ1v) is 10.3. The van der Waals surface area contributed by atoms with Gasteiger partial charge in [0.05, 0.1) is 12.4 Å². The first-order valence-electron chi connectivity index (χ1n) is 10.3. The van der Waals surface area contributed by atoms with Gasteiger partial charge in [-0.15, -0.1) is 0 Å². The molecule has 0 bridgehead atoms. The fourth-order valence-corrected chi connectivity index (χ4v) is 2.74. The summed E-state index contributed by atoms with van der Waals surface area (Å²) in [5, 5.41) is 25.0. The van der Waals surface area contributed by atoms with Crippen LogP contribution in [-0.4, -0.2) is 79.9 Å². The van der Waals surface area contributed by atoms with Crippen LogP contribution in [0.1, 0.15) is 38.3 Å². The standard InChI is InChI=1S/C19H29N7O8/c1-9(16(30)26-13(19(33)34)6-10-7-22-8-23-10)24-18(32)12(3-4-14(21)27)25-17(31)11(20)2-5-15(28)29/h7-9,11-13H,2-6,20H2,1H3,(H2,21,27)(H,22,23)(H,24,32)(H,25,31)(H,26,30)(H,28,29)(H,33,34). The number of rotatable bonds is 15. The molecule has 0 radical (unpaired) electrons. The number of carboxylic acid groups (broad SMARTS) is 2. The molecule has 0 aliphatic heterocycles. The number of aliphatic carboxylic acids is 2. The van der Waals surface area contributed by atoms with Gasteiger partial charge in [-0.1, -0.05) is 0 Å². The molecule has 0 saturated heterocycles. The molecule has 4 unspecified atom stereocenters. The Kier molecular flexibility index (Phi) is 11.1. The number of hydrogen-bond acceptors (Lipinski definition) is 8. The number of imidazole rings is 1. The number of amides is 4. The van der Waals surface area contributed by atoms with Crippen molar-refractivity contribution in [3.05, 3.63) is 18.2 Å². The van der Waals surface area contributed by atoms with Crippen LogP contribution in [0.5, 0.6) is 0 Å². The van der Waals surface area contributed by atoms with Gasteiger partial charge in [-0.2, -0.15) is 0 Å². The summed E-state index contributed by atoms with van der Waals surface area (Å²) in [5.41, 5.74) is 11.2. The van der Waals surface area contributed by atoms with Crippen molar-refractivity contribution in [2.75, 3.05) is 0 Å². The van der Waals surface area contributed by atoms with Crippen LogP contribution < -0.4 is 27.4 Å². The lowest BCUT2D eigenvalue weighted by atomic mass is 10.1. The van der Waals surface area contributed by atoms with E-state index in [1.165, 1.54) is 19.4 Å². The molecule has 188 valence electrons. The Morgan fingerprint density at radius 2 is 1.62 bits per heavy atom. The van der Waals surface area contributed by atoms with Gasteiger partial charge in [0.15, 0.2) is 0 Å². The molecule has 4 amide bonds. The Labute approximate surface area is 194 Å². The van der Waals surface area contributed by atoms with Gasteiger partial charge in [0.2, 0.25) is 23.6 Å². The van der Waals surface area contributed by atoms with Gasteiger partial charge in [0, 0.05) is 31.2 Å². The number of aromatic amines is 1. The summed E-state index contributed by atoms with van der Waals surface area (Å²) in [6.45, 7) is 1.30. The topological polar surface area (TPSA) is 260 Å². The van der Waals surface area contributed by atoms with Gasteiger partial charge >= 0.3 is 11.9 Å². The molecule has 4 atom stereocenters. The summed E-state index contributed by atoms with van der Waals surface area (Å²) >= 11 is 0. The van der Waals surface area contributed by atoms with Crippen LogP contribution in [0.2, 0.25) is 0 Å². The fourth-order valence-electron chi connectivity index (χ4n) is 2.74. The van der Waals surface area contributed by atoms with E-state index in [-0.39, 0.29) is 32.1 Å². The molecule has 0 fully saturated rings. The highest BCUT2D eigenvalue weighted by Crippen LogP contribution is 2.03. The zero-order valence-corrected chi connectivity index (χ0v) is 18.4. The average Bonchev–Trinajstić information content (AvgIpc) is 3.26. The smallest absolute Gasteiger partial charge is 0.326 e. The lowest BCUT2D eigenvalue weighted by molar-refractivity contribution is -0.142. The number of hydrogen-bond donors (Lipinski definition) is 8. The quantitative estimate of drug-likeness (QED) is 0.125. The highest BCUT2D eigenvalue weighted by Gasteiger charge is 2.29. The summed E-state index contributed by atoms with van der Waals surface area (Å²) in [6, 6.07) is -5.03. The normalized spacial score (nSPS) is 14.2. The van der Waals surface area contributed by atoms with E-state index in [2.05, 4.69) is 25.9 Å². The zero-order valence-electron chi connectivity index (χ0n) is 18.4. The van der Waals surface area contributed by atoms with Crippen molar-refractivity contribution in [3.63, 3.8) is 0 Å². The molecule has 0 spiro atoms. The number of carboxylic acids is 2. The lowest BCUT2D eigenvalue weighted by Crippen LogP contribution is -2.56. The molecular formula is C19H29N7O8. The third-order valence-corrected chi connectivity index (χ3v) is 4.66. The highest BCUT2D eigenvalue weighted by molar-refractivity contribution is 5.94. The van der Waals surface area contributed by atoms with Crippen molar-refractivity contribution < 1.29 is 39.0 Å². The minimum atomic E-state index is -1.30. The maximum absolute atomic E-state index is 12.6. The van der Waals surface area contributed by atoms with Crippen LogP contribution in [0, 0.1) is 0 Å². The lowest BCUT2D eigenvalue weighted by Gasteiger charge is -2.23. The number of primary amides is 1. The molecule has 0 aromatic carbocycles. The molecule has 1 rings (SSSR count). The maximum atomic E-state index is 12.6. The minimum Gasteiger partial charge on any atom is -0.481 e. The summed E-state index contributed by atoms with van der Waals surface area (Å²) in [4.78, 5) is 77.0. The van der Waals surface area contributed by atoms with E-state index in [0.717, 1.165) is 0 Å². The molecule has 15 heteroatoms. The van der Waals surface area contributed by atoms with Crippen LogP contribution in [0.3, 0.4) is 0 Å². The van der Waals surface area contributed by atoms with E-state index in [9.17, 15) is 33.9 Å². The molecule has 1 heterocycles. The molecule has 1 aromatic heterocycles. The summed E-state index contributed by atoms with van der Waals surface area (Å²) in [5.74, 6) is -5.67. The first kappa shape index (κ1) is 28.0. The van der Waals surface area contributed by atoms with Gasteiger partial charge in [-0.25, -0.2) is 9.78 Å². The second-order valence-electron chi connectivity index (χ2n) is 7.52. The minimum absolute atomic E-state index is 0.0761. The molecule has 0 aliphatic rings. The number of nitrogens with two attached hydrogens (primary N) is 2. The maximum Gasteiger partial charge on any atom is 0.326 e. The van der Waals surface area contributed by atoms with Gasteiger partial charge in [0.1, 0.15) is 18.1 Å². The van der Waals surface area contributed by atoms with E-state index in [0.29, 0.717) is 5.69 Å². The number of aromatic nitrogens is 2. The summed E-state index contributed by atoms with van der Waals surface area (Å²) in [6.07, 6.45) is 1.66. The zero-order chi connectivity index (χ0) is 25.8. The molecular weight excluding hydrogens is 454 g/mol. The molecule has 0 aliphatic carbocycles. The van der Waals surface area contributed by atoms with Gasteiger partial charge < -0.3 is 42.6 Å². The number of nitrogens with zero attached hydrogens (tertiary/aromatic N) is 1. The number of nitrogens with one attached hydrogen (secondary N) is 4. The fraction of sp³-hybridized carbons (Fsp3) is 0.526. The van der Waals surface area contributed by atoms with Crippen LogP contribution in [0.4, 0.5) is 0 Å². The van der Waals surface area contributed by atoms with Gasteiger partial charge in [-0.05, 0) is 19.8 Å². The van der Waals surface area contributed by atoms with Crippen molar-refractivity contribution in [3.8, 4) is 0 Å². The van der Waals surface area contributed by atoms with E-state index in [4.69, 9.17) is 16.6 Å². The molecule has 1 aromatic rings.